The van der Waals surface area contributed by atoms with Gasteiger partial charge in [-0.05, 0) is 60.6 Å². The number of hydrogen-bond donors (Lipinski definition) is 1. The van der Waals surface area contributed by atoms with Gasteiger partial charge in [0.15, 0.2) is 14.8 Å². The van der Waals surface area contributed by atoms with Crippen LogP contribution in [0.15, 0.2) is 88.8 Å². The van der Waals surface area contributed by atoms with Crippen molar-refractivity contribution in [3.8, 4) is 11.4 Å². The summed E-state index contributed by atoms with van der Waals surface area (Å²) in [5, 5.41) is 3.21. The standard InChI is InChI=1S/C27H21FN4O2S3/c1-17-7-5-6-10-21(17)32-24-23(37-27(32)35)25(34)31(20-13-11-19(28)12-14-20)26(30-24)36-16-22(33)29-15-18-8-3-2-4-9-18/h2-14H,15-16H2,1H3,(H,29,33). The molecule has 0 spiro atoms. The van der Waals surface area contributed by atoms with Gasteiger partial charge in [-0.3, -0.25) is 18.7 Å². The maximum Gasteiger partial charge on any atom is 0.278 e. The predicted molar refractivity (Wildman–Crippen MR) is 149 cm³/mol. The van der Waals surface area contributed by atoms with E-state index in [1.807, 2.05) is 61.5 Å². The number of benzene rings is 3. The minimum atomic E-state index is -0.415. The zero-order chi connectivity index (χ0) is 25.9. The molecule has 1 amide bonds. The molecule has 0 aliphatic heterocycles. The van der Waals surface area contributed by atoms with E-state index < -0.39 is 5.82 Å². The summed E-state index contributed by atoms with van der Waals surface area (Å²) < 4.78 is 17.7. The average Bonchev–Trinajstić information content (AvgIpc) is 3.24. The second kappa shape index (κ2) is 10.8. The first-order chi connectivity index (χ1) is 17.9. The van der Waals surface area contributed by atoms with E-state index in [-0.39, 0.29) is 17.2 Å². The van der Waals surface area contributed by atoms with Crippen molar-refractivity contribution in [1.29, 1.82) is 0 Å². The molecule has 0 saturated carbocycles. The molecule has 0 aliphatic carbocycles. The Morgan fingerprint density at radius 3 is 2.46 bits per heavy atom. The highest BCUT2D eigenvalue weighted by Crippen LogP contribution is 2.28. The Bertz CT molecular complexity index is 1710. The summed E-state index contributed by atoms with van der Waals surface area (Å²) in [7, 11) is 0. The maximum atomic E-state index is 13.7. The number of halogens is 1. The van der Waals surface area contributed by atoms with Gasteiger partial charge in [0.05, 0.1) is 17.1 Å². The number of aryl methyl sites for hydroxylation is 1. The number of rotatable bonds is 7. The minimum Gasteiger partial charge on any atom is -0.351 e. The fourth-order valence-electron chi connectivity index (χ4n) is 3.85. The molecule has 0 fully saturated rings. The molecule has 0 radical (unpaired) electrons. The quantitative estimate of drug-likeness (QED) is 0.158. The van der Waals surface area contributed by atoms with E-state index in [0.717, 1.165) is 28.6 Å². The predicted octanol–water partition coefficient (Wildman–Crippen LogP) is 5.82. The number of thioether (sulfide) groups is 1. The lowest BCUT2D eigenvalue weighted by atomic mass is 10.2. The van der Waals surface area contributed by atoms with E-state index in [4.69, 9.17) is 17.2 Å². The lowest BCUT2D eigenvalue weighted by Gasteiger charge is -2.13. The topological polar surface area (TPSA) is 68.9 Å². The first-order valence-electron chi connectivity index (χ1n) is 11.4. The zero-order valence-corrected chi connectivity index (χ0v) is 22.1. The van der Waals surface area contributed by atoms with E-state index in [1.165, 1.54) is 40.2 Å². The maximum absolute atomic E-state index is 13.7. The molecule has 37 heavy (non-hydrogen) atoms. The lowest BCUT2D eigenvalue weighted by molar-refractivity contribution is -0.118. The first-order valence-corrected chi connectivity index (χ1v) is 13.6. The van der Waals surface area contributed by atoms with Gasteiger partial charge in [-0.2, -0.15) is 0 Å². The fourth-order valence-corrected chi connectivity index (χ4v) is 5.98. The molecule has 5 aromatic rings. The summed E-state index contributed by atoms with van der Waals surface area (Å²) in [5.41, 5.74) is 3.36. The van der Waals surface area contributed by atoms with E-state index >= 15 is 0 Å². The number of hydrogen-bond acceptors (Lipinski definition) is 6. The number of nitrogens with one attached hydrogen (secondary N) is 1. The molecule has 6 nitrogen and oxygen atoms in total. The summed E-state index contributed by atoms with van der Waals surface area (Å²) in [6, 6.07) is 22.9. The van der Waals surface area contributed by atoms with Crippen molar-refractivity contribution in [2.24, 2.45) is 0 Å². The van der Waals surface area contributed by atoms with Gasteiger partial charge in [0.1, 0.15) is 10.5 Å². The molecule has 186 valence electrons. The molecule has 0 unspecified atom stereocenters. The van der Waals surface area contributed by atoms with Crippen molar-refractivity contribution in [3.63, 3.8) is 0 Å². The lowest BCUT2D eigenvalue weighted by Crippen LogP contribution is -2.26. The molecule has 2 aromatic heterocycles. The van der Waals surface area contributed by atoms with Gasteiger partial charge in [0, 0.05) is 6.54 Å². The molecular formula is C27H21FN4O2S3. The molecule has 0 saturated heterocycles. The molecule has 10 heteroatoms. The Balaban J connectivity index is 1.57. The van der Waals surface area contributed by atoms with Gasteiger partial charge in [0.2, 0.25) is 5.91 Å². The smallest absolute Gasteiger partial charge is 0.278 e. The van der Waals surface area contributed by atoms with E-state index in [0.29, 0.717) is 31.7 Å². The first kappa shape index (κ1) is 25.1. The van der Waals surface area contributed by atoms with Crippen LogP contribution in [0, 0.1) is 16.7 Å². The average molecular weight is 549 g/mol. The van der Waals surface area contributed by atoms with Gasteiger partial charge in [-0.15, -0.1) is 0 Å². The highest BCUT2D eigenvalue weighted by atomic mass is 32.2. The Kier molecular flexibility index (Phi) is 7.31. The van der Waals surface area contributed by atoms with Crippen molar-refractivity contribution < 1.29 is 9.18 Å². The largest absolute Gasteiger partial charge is 0.351 e. The fraction of sp³-hybridized carbons (Fsp3) is 0.111. The summed E-state index contributed by atoms with van der Waals surface area (Å²) in [4.78, 5) is 31.2. The SMILES string of the molecule is Cc1ccccc1-n1c(=S)sc2c(=O)n(-c3ccc(F)cc3)c(SCC(=O)NCc3ccccc3)nc21. The van der Waals surface area contributed by atoms with Crippen LogP contribution in [0.4, 0.5) is 4.39 Å². The van der Waals surface area contributed by atoms with Crippen LogP contribution in [-0.2, 0) is 11.3 Å². The van der Waals surface area contributed by atoms with Gasteiger partial charge >= 0.3 is 0 Å². The van der Waals surface area contributed by atoms with Crippen LogP contribution in [0.2, 0.25) is 0 Å². The monoisotopic (exact) mass is 548 g/mol. The van der Waals surface area contributed by atoms with Crippen molar-refractivity contribution in [1.82, 2.24) is 19.4 Å². The Morgan fingerprint density at radius 2 is 1.73 bits per heavy atom. The molecule has 1 N–H and O–H groups in total. The number of nitrogens with zero attached hydrogens (tertiary/aromatic N) is 3. The van der Waals surface area contributed by atoms with Crippen LogP contribution in [-0.4, -0.2) is 25.8 Å². The van der Waals surface area contributed by atoms with Crippen LogP contribution < -0.4 is 10.9 Å². The van der Waals surface area contributed by atoms with Crippen LogP contribution >= 0.6 is 35.3 Å². The summed E-state index contributed by atoms with van der Waals surface area (Å²) in [6.45, 7) is 2.36. The molecule has 2 heterocycles. The summed E-state index contributed by atoms with van der Waals surface area (Å²) >= 11 is 7.95. The number of para-hydroxylation sites is 1. The second-order valence-electron chi connectivity index (χ2n) is 8.20. The van der Waals surface area contributed by atoms with E-state index in [2.05, 4.69) is 5.32 Å². The summed E-state index contributed by atoms with van der Waals surface area (Å²) in [6.07, 6.45) is 0. The number of carbonyl (C=O) groups excluding carboxylic acids is 1. The van der Waals surface area contributed by atoms with Gasteiger partial charge < -0.3 is 5.32 Å². The zero-order valence-electron chi connectivity index (χ0n) is 19.7. The normalized spacial score (nSPS) is 11.1. The molecule has 0 bridgehead atoms. The molecule has 5 rings (SSSR count). The third-order valence-corrected chi connectivity index (χ3v) is 7.97. The van der Waals surface area contributed by atoms with Crippen LogP contribution in [0.3, 0.4) is 0 Å². The Labute approximate surface area is 225 Å². The Morgan fingerprint density at radius 1 is 1.03 bits per heavy atom. The Hall–Kier alpha value is -3.60. The number of fused-ring (bicyclic) bond motifs is 1. The van der Waals surface area contributed by atoms with Crippen molar-refractivity contribution >= 4 is 51.6 Å². The molecule has 0 aliphatic rings. The number of thiazole rings is 1. The molecular weight excluding hydrogens is 528 g/mol. The van der Waals surface area contributed by atoms with Crippen molar-refractivity contribution in [3.05, 3.63) is 110 Å². The van der Waals surface area contributed by atoms with Crippen LogP contribution in [0.25, 0.3) is 21.7 Å². The van der Waals surface area contributed by atoms with Crippen molar-refractivity contribution in [2.75, 3.05) is 5.75 Å². The minimum absolute atomic E-state index is 0.0429. The second-order valence-corrected chi connectivity index (χ2v) is 10.8. The van der Waals surface area contributed by atoms with Gasteiger partial charge in [0.25, 0.3) is 5.56 Å². The van der Waals surface area contributed by atoms with Crippen LogP contribution in [0.5, 0.6) is 0 Å². The van der Waals surface area contributed by atoms with E-state index in [1.54, 1.807) is 4.57 Å². The van der Waals surface area contributed by atoms with Gasteiger partial charge in [-0.25, -0.2) is 9.37 Å². The van der Waals surface area contributed by atoms with E-state index in [9.17, 15) is 14.0 Å². The third-order valence-electron chi connectivity index (χ3n) is 5.68. The number of amides is 1. The molecule has 3 aromatic carbocycles. The van der Waals surface area contributed by atoms with Gasteiger partial charge in [-0.1, -0.05) is 71.6 Å². The molecule has 0 atom stereocenters. The summed E-state index contributed by atoms with van der Waals surface area (Å²) in [5.74, 6) is -0.571. The highest BCUT2D eigenvalue weighted by Gasteiger charge is 2.20. The van der Waals surface area contributed by atoms with Crippen LogP contribution in [0.1, 0.15) is 11.1 Å². The third kappa shape index (κ3) is 5.27. The van der Waals surface area contributed by atoms with Crippen molar-refractivity contribution in [2.45, 2.75) is 18.6 Å². The number of aromatic nitrogens is 3. The number of carbonyl (C=O) groups is 1. The highest BCUT2D eigenvalue weighted by molar-refractivity contribution is 7.99.